The molecule has 2 heteroatoms. The van der Waals surface area contributed by atoms with Gasteiger partial charge in [0.2, 0.25) is 0 Å². The van der Waals surface area contributed by atoms with E-state index in [-0.39, 0.29) is 6.61 Å². The van der Waals surface area contributed by atoms with E-state index in [0.717, 1.165) is 0 Å². The minimum atomic E-state index is -0.757. The number of aliphatic hydroxyl groups excluding tert-OH is 1. The lowest BCUT2D eigenvalue weighted by molar-refractivity contribution is 0.253. The number of aliphatic hydroxyl groups is 1. The third-order valence-electron chi connectivity index (χ3n) is 0.760. The van der Waals surface area contributed by atoms with Crippen LogP contribution in [-0.2, 0) is 0 Å². The fourth-order valence-corrected chi connectivity index (χ4v) is 0.373. The van der Waals surface area contributed by atoms with Gasteiger partial charge in [-0.2, -0.15) is 0 Å². The molecule has 0 radical (unpaired) electrons. The van der Waals surface area contributed by atoms with Crippen molar-refractivity contribution in [1.29, 1.82) is 0 Å². The highest BCUT2D eigenvalue weighted by molar-refractivity contribution is 4.44. The highest BCUT2D eigenvalue weighted by atomic mass is 19.1. The van der Waals surface area contributed by atoms with E-state index >= 15 is 0 Å². The first-order chi connectivity index (χ1) is 3.27. The minimum absolute atomic E-state index is 0.105. The lowest BCUT2D eigenvalue weighted by Gasteiger charge is -1.94. The number of halogens is 1. The average molecular weight is 106 g/mol. The summed E-state index contributed by atoms with van der Waals surface area (Å²) in [4.78, 5) is 0. The molecule has 44 valence electrons. The van der Waals surface area contributed by atoms with Crippen LogP contribution in [0.3, 0.4) is 0 Å². The van der Waals surface area contributed by atoms with E-state index in [1.165, 1.54) is 6.92 Å². The van der Waals surface area contributed by atoms with Crippen molar-refractivity contribution in [3.63, 3.8) is 0 Å². The van der Waals surface area contributed by atoms with Gasteiger partial charge in [-0.25, -0.2) is 4.39 Å². The molecule has 0 saturated heterocycles. The molecule has 0 spiro atoms. The molecule has 1 atom stereocenters. The predicted molar refractivity (Wildman–Crippen MR) is 26.9 cm³/mol. The first-order valence-corrected chi connectivity index (χ1v) is 2.52. The third-order valence-corrected chi connectivity index (χ3v) is 0.760. The Hall–Kier alpha value is -0.110. The van der Waals surface area contributed by atoms with Gasteiger partial charge in [-0.15, -0.1) is 0 Å². The van der Waals surface area contributed by atoms with E-state index < -0.39 is 6.17 Å². The van der Waals surface area contributed by atoms with Crippen LogP contribution in [0.2, 0.25) is 0 Å². The van der Waals surface area contributed by atoms with Crippen LogP contribution in [-0.4, -0.2) is 17.9 Å². The Morgan fingerprint density at radius 1 is 1.71 bits per heavy atom. The predicted octanol–water partition coefficient (Wildman–Crippen LogP) is 1.12. The van der Waals surface area contributed by atoms with Crippen molar-refractivity contribution >= 4 is 0 Å². The zero-order valence-electron chi connectivity index (χ0n) is 4.52. The van der Waals surface area contributed by atoms with Gasteiger partial charge in [0.05, 0.1) is 6.17 Å². The summed E-state index contributed by atoms with van der Waals surface area (Å²) in [6, 6.07) is 0. The normalized spacial score (nSPS) is 14.1. The van der Waals surface area contributed by atoms with Gasteiger partial charge in [-0.1, -0.05) is 0 Å². The van der Waals surface area contributed by atoms with Crippen molar-refractivity contribution in [3.05, 3.63) is 0 Å². The summed E-state index contributed by atoms with van der Waals surface area (Å²) >= 11 is 0. The van der Waals surface area contributed by atoms with Crippen LogP contribution in [0.4, 0.5) is 4.39 Å². The summed E-state index contributed by atoms with van der Waals surface area (Å²) in [6.45, 7) is 1.60. The minimum Gasteiger partial charge on any atom is -0.396 e. The molecule has 0 aromatic rings. The van der Waals surface area contributed by atoms with E-state index in [2.05, 4.69) is 0 Å². The van der Waals surface area contributed by atoms with Gasteiger partial charge in [0, 0.05) is 6.61 Å². The molecule has 0 bridgehead atoms. The van der Waals surface area contributed by atoms with Crippen molar-refractivity contribution < 1.29 is 9.50 Å². The summed E-state index contributed by atoms with van der Waals surface area (Å²) in [5.41, 5.74) is 0. The number of hydrogen-bond acceptors (Lipinski definition) is 1. The lowest BCUT2D eigenvalue weighted by atomic mass is 10.2. The molecule has 1 nitrogen and oxygen atoms in total. The standard InChI is InChI=1S/C5H11FO/c1-5(6)3-2-4-7/h5,7H,2-4H2,1H3/t5-/m1/s1. The molecular weight excluding hydrogens is 95.1 g/mol. The van der Waals surface area contributed by atoms with Gasteiger partial charge in [0.15, 0.2) is 0 Å². The van der Waals surface area contributed by atoms with Crippen molar-refractivity contribution in [1.82, 2.24) is 0 Å². The second-order valence-corrected chi connectivity index (χ2v) is 1.65. The summed E-state index contributed by atoms with van der Waals surface area (Å²) in [7, 11) is 0. The Morgan fingerprint density at radius 2 is 2.29 bits per heavy atom. The molecule has 0 aliphatic heterocycles. The Bertz CT molecular complexity index is 37.1. The zero-order valence-corrected chi connectivity index (χ0v) is 4.52. The van der Waals surface area contributed by atoms with Gasteiger partial charge in [0.25, 0.3) is 0 Å². The molecule has 7 heavy (non-hydrogen) atoms. The van der Waals surface area contributed by atoms with Crippen LogP contribution in [0, 0.1) is 0 Å². The van der Waals surface area contributed by atoms with Crippen molar-refractivity contribution in [2.24, 2.45) is 0 Å². The van der Waals surface area contributed by atoms with E-state index in [9.17, 15) is 4.39 Å². The lowest BCUT2D eigenvalue weighted by Crippen LogP contribution is -1.93. The third kappa shape index (κ3) is 5.89. The topological polar surface area (TPSA) is 20.2 Å². The van der Waals surface area contributed by atoms with Crippen LogP contribution in [0.5, 0.6) is 0 Å². The molecule has 0 amide bonds. The number of rotatable bonds is 3. The average Bonchev–Trinajstić information content (AvgIpc) is 1.61. The van der Waals surface area contributed by atoms with Crippen molar-refractivity contribution in [2.75, 3.05) is 6.61 Å². The Labute approximate surface area is 43.2 Å². The molecular formula is C5H11FO. The fourth-order valence-electron chi connectivity index (χ4n) is 0.373. The summed E-state index contributed by atoms with van der Waals surface area (Å²) in [5, 5.41) is 8.15. The van der Waals surface area contributed by atoms with Crippen LogP contribution in [0.1, 0.15) is 19.8 Å². The zero-order chi connectivity index (χ0) is 5.70. The first kappa shape index (κ1) is 6.89. The quantitative estimate of drug-likeness (QED) is 0.571. The summed E-state index contributed by atoms with van der Waals surface area (Å²) < 4.78 is 11.8. The van der Waals surface area contributed by atoms with Gasteiger partial charge in [0.1, 0.15) is 0 Å². The number of alkyl halides is 1. The van der Waals surface area contributed by atoms with E-state index in [4.69, 9.17) is 5.11 Å². The van der Waals surface area contributed by atoms with Crippen LogP contribution in [0.15, 0.2) is 0 Å². The maximum absolute atomic E-state index is 11.8. The van der Waals surface area contributed by atoms with Crippen LogP contribution >= 0.6 is 0 Å². The molecule has 0 saturated carbocycles. The Kier molecular flexibility index (Phi) is 4.00. The highest BCUT2D eigenvalue weighted by Gasteiger charge is 1.93. The molecule has 0 heterocycles. The number of hydrogen-bond donors (Lipinski definition) is 1. The van der Waals surface area contributed by atoms with Gasteiger partial charge >= 0.3 is 0 Å². The molecule has 0 aromatic carbocycles. The summed E-state index contributed by atoms with van der Waals surface area (Å²) in [5.74, 6) is 0. The monoisotopic (exact) mass is 106 g/mol. The molecule has 1 N–H and O–H groups in total. The molecule has 0 aliphatic rings. The van der Waals surface area contributed by atoms with Crippen molar-refractivity contribution in [2.45, 2.75) is 25.9 Å². The van der Waals surface area contributed by atoms with Gasteiger partial charge in [-0.3, -0.25) is 0 Å². The molecule has 0 unspecified atom stereocenters. The van der Waals surface area contributed by atoms with Gasteiger partial charge < -0.3 is 5.11 Å². The largest absolute Gasteiger partial charge is 0.396 e. The fraction of sp³-hybridized carbons (Fsp3) is 1.00. The second kappa shape index (κ2) is 4.06. The molecule has 0 aliphatic carbocycles. The SMILES string of the molecule is C[C@@H](F)CCCO. The molecule has 0 rings (SSSR count). The maximum atomic E-state index is 11.8. The van der Waals surface area contributed by atoms with Gasteiger partial charge in [-0.05, 0) is 19.8 Å². The highest BCUT2D eigenvalue weighted by Crippen LogP contribution is 1.97. The molecule has 0 aromatic heterocycles. The Balaban J connectivity index is 2.68. The van der Waals surface area contributed by atoms with E-state index in [0.29, 0.717) is 12.8 Å². The molecule has 0 fully saturated rings. The maximum Gasteiger partial charge on any atom is 0.0974 e. The summed E-state index contributed by atoms with van der Waals surface area (Å²) in [6.07, 6.45) is 0.306. The van der Waals surface area contributed by atoms with Crippen LogP contribution < -0.4 is 0 Å². The smallest absolute Gasteiger partial charge is 0.0974 e. The van der Waals surface area contributed by atoms with E-state index in [1.807, 2.05) is 0 Å². The Morgan fingerprint density at radius 3 is 2.43 bits per heavy atom. The van der Waals surface area contributed by atoms with Crippen LogP contribution in [0.25, 0.3) is 0 Å². The van der Waals surface area contributed by atoms with Crippen molar-refractivity contribution in [3.8, 4) is 0 Å². The second-order valence-electron chi connectivity index (χ2n) is 1.65. The first-order valence-electron chi connectivity index (χ1n) is 2.52. The van der Waals surface area contributed by atoms with E-state index in [1.54, 1.807) is 0 Å².